The van der Waals surface area contributed by atoms with E-state index in [1.165, 1.54) is 63.9 Å². The van der Waals surface area contributed by atoms with Crippen LogP contribution in [0.5, 0.6) is 0 Å². The van der Waals surface area contributed by atoms with E-state index < -0.39 is 0 Å². The second-order valence-electron chi connectivity index (χ2n) is 14.1. The maximum absolute atomic E-state index is 4.56. The topological polar surface area (TPSA) is 48.5 Å². The highest BCUT2D eigenvalue weighted by Crippen LogP contribution is 2.42. The van der Waals surface area contributed by atoms with Crippen LogP contribution >= 0.6 is 11.3 Å². The average Bonchev–Trinajstić information content (AvgIpc) is 3.89. The second kappa shape index (κ2) is 11.7. The first-order chi connectivity index (χ1) is 27.3. The van der Waals surface area contributed by atoms with Crippen LogP contribution in [0.15, 0.2) is 176 Å². The molecule has 12 rings (SSSR count). The van der Waals surface area contributed by atoms with Gasteiger partial charge in [-0.1, -0.05) is 60.7 Å². The van der Waals surface area contributed by atoms with Crippen molar-refractivity contribution >= 4 is 86.2 Å². The summed E-state index contributed by atoms with van der Waals surface area (Å²) in [5.41, 5.74) is 12.3. The van der Waals surface area contributed by atoms with Gasteiger partial charge in [0, 0.05) is 77.1 Å². The molecular formula is C49H29N5S. The molecule has 0 amide bonds. The molecule has 55 heavy (non-hydrogen) atoms. The zero-order chi connectivity index (χ0) is 36.0. The Hall–Kier alpha value is -7.15. The number of hydrogen-bond donors (Lipinski definition) is 0. The van der Waals surface area contributed by atoms with Gasteiger partial charge in [-0.05, 0) is 113 Å². The molecule has 256 valence electrons. The lowest BCUT2D eigenvalue weighted by Crippen LogP contribution is -1.94. The van der Waals surface area contributed by atoms with Gasteiger partial charge >= 0.3 is 0 Å². The Bertz CT molecular complexity index is 3480. The molecule has 0 saturated heterocycles. The van der Waals surface area contributed by atoms with Gasteiger partial charge in [0.2, 0.25) is 0 Å². The highest BCUT2D eigenvalue weighted by Gasteiger charge is 2.18. The molecule has 0 bridgehead atoms. The molecule has 0 saturated carbocycles. The molecule has 12 aromatic rings. The van der Waals surface area contributed by atoms with Crippen molar-refractivity contribution in [1.29, 1.82) is 0 Å². The Morgan fingerprint density at radius 3 is 1.89 bits per heavy atom. The van der Waals surface area contributed by atoms with E-state index in [-0.39, 0.29) is 0 Å². The number of aromatic nitrogens is 5. The van der Waals surface area contributed by atoms with Crippen LogP contribution in [0.1, 0.15) is 0 Å². The first-order valence-corrected chi connectivity index (χ1v) is 19.2. The maximum Gasteiger partial charge on any atom is 0.159 e. The highest BCUT2D eigenvalue weighted by atomic mass is 32.1. The quantitative estimate of drug-likeness (QED) is 0.182. The molecule has 0 aliphatic rings. The second-order valence-corrected chi connectivity index (χ2v) is 15.2. The molecule has 6 heteroatoms. The number of para-hydroxylation sites is 1. The molecular weight excluding hydrogens is 691 g/mol. The van der Waals surface area contributed by atoms with E-state index in [2.05, 4.69) is 170 Å². The fraction of sp³-hybridized carbons (Fsp3) is 0. The van der Waals surface area contributed by atoms with Gasteiger partial charge in [0.05, 0.1) is 28.3 Å². The molecule has 0 unspecified atom stereocenters. The SMILES string of the molecule is c1ccc(-n2c3ccc(-c4ccc5c(c4)c4ccncc4n5-c4ccc(-c5ccnc6ncccc56)cc4)cc3c3cc4c(cc32)sc2ccccc24)cc1. The zero-order valence-corrected chi connectivity index (χ0v) is 30.2. The van der Waals surface area contributed by atoms with Crippen LogP contribution in [-0.4, -0.2) is 24.1 Å². The monoisotopic (exact) mass is 719 g/mol. The minimum atomic E-state index is 0.753. The summed E-state index contributed by atoms with van der Waals surface area (Å²) >= 11 is 1.87. The van der Waals surface area contributed by atoms with E-state index in [4.69, 9.17) is 0 Å². The van der Waals surface area contributed by atoms with E-state index in [1.54, 1.807) is 6.20 Å². The van der Waals surface area contributed by atoms with Crippen LogP contribution in [0.4, 0.5) is 0 Å². The molecule has 0 fully saturated rings. The van der Waals surface area contributed by atoms with Gasteiger partial charge in [-0.15, -0.1) is 11.3 Å². The summed E-state index contributed by atoms with van der Waals surface area (Å²) < 4.78 is 7.37. The molecule has 0 aliphatic heterocycles. The van der Waals surface area contributed by atoms with Crippen LogP contribution in [0.25, 0.3) is 108 Å². The van der Waals surface area contributed by atoms with E-state index in [0.29, 0.717) is 0 Å². The summed E-state index contributed by atoms with van der Waals surface area (Å²) in [7, 11) is 0. The zero-order valence-electron chi connectivity index (χ0n) is 29.4. The molecule has 5 nitrogen and oxygen atoms in total. The Balaban J connectivity index is 1.02. The van der Waals surface area contributed by atoms with E-state index in [1.807, 2.05) is 36.0 Å². The number of rotatable bonds is 4. The number of benzene rings is 6. The van der Waals surface area contributed by atoms with Gasteiger partial charge in [0.1, 0.15) is 0 Å². The molecule has 0 aliphatic carbocycles. The lowest BCUT2D eigenvalue weighted by atomic mass is 10.00. The largest absolute Gasteiger partial charge is 0.309 e. The Kier molecular flexibility index (Phi) is 6.44. The molecule has 6 aromatic heterocycles. The fourth-order valence-corrected chi connectivity index (χ4v) is 9.74. The van der Waals surface area contributed by atoms with Crippen LogP contribution in [-0.2, 0) is 0 Å². The lowest BCUT2D eigenvalue weighted by molar-refractivity contribution is 1.17. The molecule has 6 heterocycles. The third kappa shape index (κ3) is 4.55. The molecule has 0 N–H and O–H groups in total. The number of hydrogen-bond acceptors (Lipinski definition) is 4. The molecule has 0 spiro atoms. The lowest BCUT2D eigenvalue weighted by Gasteiger charge is -2.11. The summed E-state index contributed by atoms with van der Waals surface area (Å²) in [5, 5.41) is 8.56. The fourth-order valence-electron chi connectivity index (χ4n) is 8.62. The van der Waals surface area contributed by atoms with Crippen LogP contribution in [0, 0.1) is 0 Å². The van der Waals surface area contributed by atoms with Gasteiger partial charge < -0.3 is 9.13 Å². The maximum atomic E-state index is 4.56. The van der Waals surface area contributed by atoms with Gasteiger partial charge in [0.25, 0.3) is 0 Å². The van der Waals surface area contributed by atoms with E-state index in [9.17, 15) is 0 Å². The van der Waals surface area contributed by atoms with Gasteiger partial charge in [0.15, 0.2) is 5.65 Å². The first-order valence-electron chi connectivity index (χ1n) is 18.4. The van der Waals surface area contributed by atoms with Crippen molar-refractivity contribution in [3.05, 3.63) is 176 Å². The molecule has 0 radical (unpaired) electrons. The van der Waals surface area contributed by atoms with Crippen LogP contribution < -0.4 is 0 Å². The Labute approximate surface area is 319 Å². The normalized spacial score (nSPS) is 12.0. The standard InChI is InChI=1S/C49H29N5S/c1-2-7-33(8-3-1)53-44-19-15-32(26-40(44)41-27-42-37-9-4-5-11-47(37)55-48(42)28-45(41)53)31-14-18-43-39(25-31)36-20-23-50-29-46(36)54(43)34-16-12-30(13-17-34)35-21-24-52-49-38(35)10-6-22-51-49/h1-29H. The van der Waals surface area contributed by atoms with Crippen molar-refractivity contribution in [3.8, 4) is 33.6 Å². The summed E-state index contributed by atoms with van der Waals surface area (Å²) in [6.07, 6.45) is 7.49. The van der Waals surface area contributed by atoms with Gasteiger partial charge in [-0.2, -0.15) is 0 Å². The average molecular weight is 720 g/mol. The third-order valence-corrected chi connectivity index (χ3v) is 12.3. The van der Waals surface area contributed by atoms with Crippen molar-refractivity contribution in [1.82, 2.24) is 24.1 Å². The van der Waals surface area contributed by atoms with Crippen molar-refractivity contribution in [2.24, 2.45) is 0 Å². The highest BCUT2D eigenvalue weighted by molar-refractivity contribution is 7.25. The third-order valence-electron chi connectivity index (χ3n) is 11.1. The number of pyridine rings is 3. The van der Waals surface area contributed by atoms with Crippen molar-refractivity contribution in [2.45, 2.75) is 0 Å². The molecule has 6 aromatic carbocycles. The number of nitrogens with zero attached hydrogens (tertiary/aromatic N) is 5. The minimum absolute atomic E-state index is 0.753. The molecule has 0 atom stereocenters. The Morgan fingerprint density at radius 1 is 0.382 bits per heavy atom. The van der Waals surface area contributed by atoms with Crippen molar-refractivity contribution in [3.63, 3.8) is 0 Å². The Morgan fingerprint density at radius 2 is 1.05 bits per heavy atom. The predicted octanol–water partition coefficient (Wildman–Crippen LogP) is 12.9. The van der Waals surface area contributed by atoms with Crippen LogP contribution in [0.3, 0.4) is 0 Å². The minimum Gasteiger partial charge on any atom is -0.309 e. The summed E-state index contributed by atoms with van der Waals surface area (Å²) in [4.78, 5) is 13.5. The van der Waals surface area contributed by atoms with Crippen LogP contribution in [0.2, 0.25) is 0 Å². The smallest absolute Gasteiger partial charge is 0.159 e. The van der Waals surface area contributed by atoms with E-state index in [0.717, 1.165) is 44.6 Å². The summed E-state index contributed by atoms with van der Waals surface area (Å²) in [6, 6.07) is 55.1. The van der Waals surface area contributed by atoms with Crippen molar-refractivity contribution < 1.29 is 0 Å². The van der Waals surface area contributed by atoms with Crippen molar-refractivity contribution in [2.75, 3.05) is 0 Å². The number of thiophene rings is 1. The van der Waals surface area contributed by atoms with Gasteiger partial charge in [-0.3, -0.25) is 4.98 Å². The first kappa shape index (κ1) is 30.3. The summed E-state index contributed by atoms with van der Waals surface area (Å²) in [5.74, 6) is 0. The van der Waals surface area contributed by atoms with Gasteiger partial charge in [-0.25, -0.2) is 9.97 Å². The summed E-state index contributed by atoms with van der Waals surface area (Å²) in [6.45, 7) is 0. The predicted molar refractivity (Wildman–Crippen MR) is 230 cm³/mol. The van der Waals surface area contributed by atoms with E-state index >= 15 is 0 Å². The number of fused-ring (bicyclic) bond motifs is 10.